The van der Waals surface area contributed by atoms with Gasteiger partial charge in [-0.25, -0.2) is 0 Å². The quantitative estimate of drug-likeness (QED) is 0.521. The Morgan fingerprint density at radius 2 is 1.67 bits per heavy atom. The molecule has 0 fully saturated rings. The SMILES string of the molecule is CC.CCCN.[HH]. The van der Waals surface area contributed by atoms with Crippen molar-refractivity contribution in [3.8, 4) is 0 Å². The van der Waals surface area contributed by atoms with Crippen molar-refractivity contribution in [1.82, 2.24) is 0 Å². The highest BCUT2D eigenvalue weighted by molar-refractivity contribution is 4.19. The third-order valence-electron chi connectivity index (χ3n) is 0.289. The first-order valence-corrected chi connectivity index (χ1v) is 2.62. The molecule has 0 spiro atoms. The van der Waals surface area contributed by atoms with Crippen LogP contribution in [0, 0.1) is 0 Å². The van der Waals surface area contributed by atoms with E-state index in [2.05, 4.69) is 6.92 Å². The largest absolute Gasteiger partial charge is 0.330 e. The number of nitrogens with two attached hydrogens (primary N) is 1. The maximum Gasteiger partial charge on any atom is 0 e. The molecule has 0 bridgehead atoms. The van der Waals surface area contributed by atoms with Gasteiger partial charge in [0.2, 0.25) is 0 Å². The summed E-state index contributed by atoms with van der Waals surface area (Å²) in [5.41, 5.74) is 5.03. The molecular formula is C5H17N. The van der Waals surface area contributed by atoms with Crippen LogP contribution in [0.4, 0.5) is 0 Å². The molecule has 0 saturated heterocycles. The second-order valence-electron chi connectivity index (χ2n) is 0.789. The molecule has 0 atom stereocenters. The van der Waals surface area contributed by atoms with Crippen molar-refractivity contribution >= 4 is 0 Å². The van der Waals surface area contributed by atoms with Crippen LogP contribution in [0.15, 0.2) is 0 Å². The van der Waals surface area contributed by atoms with Gasteiger partial charge in [-0.05, 0) is 13.0 Å². The van der Waals surface area contributed by atoms with E-state index < -0.39 is 0 Å². The van der Waals surface area contributed by atoms with Gasteiger partial charge in [0, 0.05) is 1.43 Å². The summed E-state index contributed by atoms with van der Waals surface area (Å²) in [6, 6.07) is 0. The van der Waals surface area contributed by atoms with E-state index in [0.29, 0.717) is 0 Å². The zero-order chi connectivity index (χ0) is 5.41. The molecule has 2 N–H and O–H groups in total. The average molecular weight is 91.2 g/mol. The highest BCUT2D eigenvalue weighted by atomic mass is 14.5. The van der Waals surface area contributed by atoms with Crippen LogP contribution in [0.2, 0.25) is 0 Å². The first-order valence-electron chi connectivity index (χ1n) is 2.62. The van der Waals surface area contributed by atoms with E-state index in [1.54, 1.807) is 0 Å². The van der Waals surface area contributed by atoms with Gasteiger partial charge in [0.15, 0.2) is 0 Å². The van der Waals surface area contributed by atoms with Crippen molar-refractivity contribution in [2.24, 2.45) is 5.73 Å². The van der Waals surface area contributed by atoms with Gasteiger partial charge in [-0.3, -0.25) is 0 Å². The monoisotopic (exact) mass is 91.1 g/mol. The fraction of sp³-hybridized carbons (Fsp3) is 1.00. The van der Waals surface area contributed by atoms with E-state index in [0.717, 1.165) is 13.0 Å². The summed E-state index contributed by atoms with van der Waals surface area (Å²) in [7, 11) is 0. The smallest absolute Gasteiger partial charge is 0 e. The van der Waals surface area contributed by atoms with Gasteiger partial charge in [-0.15, -0.1) is 0 Å². The summed E-state index contributed by atoms with van der Waals surface area (Å²) in [6.07, 6.45) is 1.10. The fourth-order valence-corrected chi connectivity index (χ4v) is 0. The Bertz CT molecular complexity index is 10.0. The predicted molar refractivity (Wildman–Crippen MR) is 32.8 cm³/mol. The van der Waals surface area contributed by atoms with Crippen molar-refractivity contribution in [2.45, 2.75) is 27.2 Å². The van der Waals surface area contributed by atoms with Gasteiger partial charge >= 0.3 is 0 Å². The van der Waals surface area contributed by atoms with Gasteiger partial charge in [0.25, 0.3) is 0 Å². The van der Waals surface area contributed by atoms with Crippen molar-refractivity contribution in [3.63, 3.8) is 0 Å². The fourth-order valence-electron chi connectivity index (χ4n) is 0. The van der Waals surface area contributed by atoms with E-state index in [4.69, 9.17) is 5.73 Å². The zero-order valence-electron chi connectivity index (χ0n) is 4.99. The van der Waals surface area contributed by atoms with Crippen LogP contribution < -0.4 is 5.73 Å². The normalized spacial score (nSPS) is 6.00. The second kappa shape index (κ2) is 20.2. The molecular weight excluding hydrogens is 74.1 g/mol. The molecule has 0 amide bonds. The Morgan fingerprint density at radius 3 is 1.67 bits per heavy atom. The van der Waals surface area contributed by atoms with Crippen molar-refractivity contribution in [1.29, 1.82) is 0 Å². The van der Waals surface area contributed by atoms with Gasteiger partial charge in [-0.2, -0.15) is 0 Å². The highest BCUT2D eigenvalue weighted by Crippen LogP contribution is 1.57. The molecule has 42 valence electrons. The molecule has 0 aliphatic heterocycles. The molecule has 1 heteroatoms. The van der Waals surface area contributed by atoms with Gasteiger partial charge in [-0.1, -0.05) is 20.8 Å². The van der Waals surface area contributed by atoms with Crippen LogP contribution in [0.5, 0.6) is 0 Å². The molecule has 0 aliphatic carbocycles. The van der Waals surface area contributed by atoms with Crippen LogP contribution in [-0.4, -0.2) is 6.54 Å². The lowest BCUT2D eigenvalue weighted by molar-refractivity contribution is 0.932. The molecule has 0 aromatic rings. The summed E-state index contributed by atoms with van der Waals surface area (Å²) in [4.78, 5) is 0. The molecule has 0 rings (SSSR count). The first-order chi connectivity index (χ1) is 2.91. The predicted octanol–water partition coefficient (Wildman–Crippen LogP) is 1.63. The lowest BCUT2D eigenvalue weighted by Crippen LogP contribution is -1.93. The van der Waals surface area contributed by atoms with Gasteiger partial charge in [0.1, 0.15) is 0 Å². The minimum atomic E-state index is 0. The lowest BCUT2D eigenvalue weighted by atomic mass is 10.5. The van der Waals surface area contributed by atoms with Gasteiger partial charge < -0.3 is 5.73 Å². The highest BCUT2D eigenvalue weighted by Gasteiger charge is 1.55. The minimum absolute atomic E-state index is 0. The lowest BCUT2D eigenvalue weighted by Gasteiger charge is -1.70. The summed E-state index contributed by atoms with van der Waals surface area (Å²) in [5, 5.41) is 0. The standard InChI is InChI=1S/C3H9N.C2H6.H2/c1-2-3-4;1-2;/h2-4H2,1H3;1-2H3;1H. The molecule has 0 aromatic heterocycles. The molecule has 0 aromatic carbocycles. The molecule has 0 radical (unpaired) electrons. The average Bonchev–Trinajstić information content (AvgIpc) is 1.72. The topological polar surface area (TPSA) is 26.0 Å². The molecule has 0 unspecified atom stereocenters. The van der Waals surface area contributed by atoms with E-state index in [-0.39, 0.29) is 1.43 Å². The summed E-state index contributed by atoms with van der Waals surface area (Å²) in [5.74, 6) is 0. The summed E-state index contributed by atoms with van der Waals surface area (Å²) < 4.78 is 0. The summed E-state index contributed by atoms with van der Waals surface area (Å²) >= 11 is 0. The van der Waals surface area contributed by atoms with Crippen LogP contribution in [-0.2, 0) is 0 Å². The first kappa shape index (κ1) is 9.35. The Morgan fingerprint density at radius 1 is 1.50 bits per heavy atom. The molecule has 1 nitrogen and oxygen atoms in total. The van der Waals surface area contributed by atoms with Crippen molar-refractivity contribution in [2.75, 3.05) is 6.54 Å². The molecule has 0 saturated carbocycles. The van der Waals surface area contributed by atoms with Crippen LogP contribution in [0.25, 0.3) is 0 Å². The Hall–Kier alpha value is -0.0400. The molecule has 0 aliphatic rings. The summed E-state index contributed by atoms with van der Waals surface area (Å²) in [6.45, 7) is 6.88. The van der Waals surface area contributed by atoms with E-state index in [9.17, 15) is 0 Å². The Balaban J connectivity index is -0.0000000480. The number of hydrogen-bond acceptors (Lipinski definition) is 1. The maximum atomic E-state index is 5.03. The van der Waals surface area contributed by atoms with Crippen LogP contribution >= 0.6 is 0 Å². The van der Waals surface area contributed by atoms with Crippen LogP contribution in [0.1, 0.15) is 28.6 Å². The van der Waals surface area contributed by atoms with Crippen molar-refractivity contribution in [3.05, 3.63) is 0 Å². The van der Waals surface area contributed by atoms with E-state index in [1.165, 1.54) is 0 Å². The minimum Gasteiger partial charge on any atom is -0.330 e. The maximum absolute atomic E-state index is 5.03. The second-order valence-corrected chi connectivity index (χ2v) is 0.789. The molecule has 6 heavy (non-hydrogen) atoms. The molecule has 0 heterocycles. The van der Waals surface area contributed by atoms with E-state index in [1.807, 2.05) is 13.8 Å². The Labute approximate surface area is 42.0 Å². The van der Waals surface area contributed by atoms with Crippen molar-refractivity contribution < 1.29 is 1.43 Å². The number of hydrogen-bond donors (Lipinski definition) is 1. The number of rotatable bonds is 1. The third-order valence-corrected chi connectivity index (χ3v) is 0.289. The van der Waals surface area contributed by atoms with Gasteiger partial charge in [0.05, 0.1) is 0 Å². The Kier molecular flexibility index (Phi) is 31.6. The van der Waals surface area contributed by atoms with Crippen LogP contribution in [0.3, 0.4) is 0 Å². The zero-order valence-corrected chi connectivity index (χ0v) is 4.99. The van der Waals surface area contributed by atoms with E-state index >= 15 is 0 Å². The third kappa shape index (κ3) is 37.6.